The number of hydrogen-bond acceptors (Lipinski definition) is 3. The molecule has 0 saturated heterocycles. The van der Waals surface area contributed by atoms with Crippen LogP contribution in [0.1, 0.15) is 30.1 Å². The van der Waals surface area contributed by atoms with Crippen LogP contribution in [0.4, 0.5) is 9.80 Å². The number of thiophene rings is 1. The Kier molecular flexibility index (Phi) is 2.59. The second-order valence-corrected chi connectivity index (χ2v) is 5.02. The summed E-state index contributed by atoms with van der Waals surface area (Å²) >= 11 is 1.20. The second-order valence-electron chi connectivity index (χ2n) is 4.11. The molecule has 0 aromatic carbocycles. The Labute approximate surface area is 96.5 Å². The molecule has 1 saturated carbocycles. The van der Waals surface area contributed by atoms with Gasteiger partial charge in [0.15, 0.2) is 0 Å². The lowest BCUT2D eigenvalue weighted by molar-refractivity contribution is 0.0698. The van der Waals surface area contributed by atoms with Crippen LogP contribution in [0, 0.1) is 0 Å². The smallest absolute Gasteiger partial charge is 0.338 e. The van der Waals surface area contributed by atoms with E-state index in [0.29, 0.717) is 5.00 Å². The standard InChI is InChI=1S/C10H12N2O3S/c1-10(3-4-10)12-9(15)11-7-6(8(13)14)2-5-16-7/h2,5H,3-4H2,1H3,(H,13,14)(H2,11,12,15). The van der Waals surface area contributed by atoms with Gasteiger partial charge in [-0.05, 0) is 31.2 Å². The summed E-state index contributed by atoms with van der Waals surface area (Å²) in [6, 6.07) is 1.13. The summed E-state index contributed by atoms with van der Waals surface area (Å²) in [7, 11) is 0. The van der Waals surface area contributed by atoms with Crippen LogP contribution < -0.4 is 10.6 Å². The van der Waals surface area contributed by atoms with Gasteiger partial charge in [0.25, 0.3) is 0 Å². The summed E-state index contributed by atoms with van der Waals surface area (Å²) in [5.74, 6) is -1.03. The van der Waals surface area contributed by atoms with Crippen molar-refractivity contribution in [1.82, 2.24) is 5.32 Å². The van der Waals surface area contributed by atoms with Crippen LogP contribution in [-0.2, 0) is 0 Å². The molecule has 16 heavy (non-hydrogen) atoms. The number of anilines is 1. The van der Waals surface area contributed by atoms with E-state index in [1.807, 2.05) is 6.92 Å². The summed E-state index contributed by atoms with van der Waals surface area (Å²) in [5, 5.41) is 16.2. The quantitative estimate of drug-likeness (QED) is 0.757. The van der Waals surface area contributed by atoms with Gasteiger partial charge in [-0.25, -0.2) is 9.59 Å². The highest BCUT2D eigenvalue weighted by Crippen LogP contribution is 2.34. The number of carbonyl (C=O) groups excluding carboxylic acids is 1. The fourth-order valence-electron chi connectivity index (χ4n) is 1.30. The first-order chi connectivity index (χ1) is 7.50. The summed E-state index contributed by atoms with van der Waals surface area (Å²) < 4.78 is 0. The highest BCUT2D eigenvalue weighted by Gasteiger charge is 2.38. The molecule has 1 aliphatic carbocycles. The van der Waals surface area contributed by atoms with E-state index in [9.17, 15) is 9.59 Å². The summed E-state index contributed by atoms with van der Waals surface area (Å²) in [6.07, 6.45) is 1.94. The average molecular weight is 240 g/mol. The van der Waals surface area contributed by atoms with E-state index in [-0.39, 0.29) is 17.1 Å². The molecule has 0 bridgehead atoms. The monoisotopic (exact) mass is 240 g/mol. The van der Waals surface area contributed by atoms with Gasteiger partial charge in [0.2, 0.25) is 0 Å². The maximum absolute atomic E-state index is 11.5. The lowest BCUT2D eigenvalue weighted by Gasteiger charge is -2.11. The SMILES string of the molecule is CC1(NC(=O)Nc2sccc2C(=O)O)CC1. The third kappa shape index (κ3) is 2.33. The normalized spacial score (nSPS) is 16.6. The molecule has 1 fully saturated rings. The molecule has 0 radical (unpaired) electrons. The van der Waals surface area contributed by atoms with Gasteiger partial charge in [0.05, 0.1) is 5.56 Å². The van der Waals surface area contributed by atoms with Crippen molar-refractivity contribution in [2.24, 2.45) is 0 Å². The Morgan fingerprint density at radius 2 is 2.19 bits per heavy atom. The number of carbonyl (C=O) groups is 2. The molecule has 1 aromatic rings. The predicted molar refractivity (Wildman–Crippen MR) is 61.1 cm³/mol. The molecular formula is C10H12N2O3S. The zero-order chi connectivity index (χ0) is 11.8. The predicted octanol–water partition coefficient (Wildman–Crippen LogP) is 2.12. The Morgan fingerprint density at radius 1 is 1.50 bits per heavy atom. The summed E-state index contributed by atoms with van der Waals surface area (Å²) in [4.78, 5) is 22.3. The third-order valence-electron chi connectivity index (χ3n) is 2.54. The number of hydrogen-bond donors (Lipinski definition) is 3. The van der Waals surface area contributed by atoms with Gasteiger partial charge in [0, 0.05) is 5.54 Å². The molecule has 86 valence electrons. The van der Waals surface area contributed by atoms with Crippen molar-refractivity contribution < 1.29 is 14.7 Å². The van der Waals surface area contributed by atoms with Crippen LogP contribution >= 0.6 is 11.3 Å². The molecule has 0 atom stereocenters. The van der Waals surface area contributed by atoms with E-state index in [1.165, 1.54) is 17.4 Å². The third-order valence-corrected chi connectivity index (χ3v) is 3.37. The van der Waals surface area contributed by atoms with Crippen LogP contribution in [0.5, 0.6) is 0 Å². The van der Waals surface area contributed by atoms with Crippen molar-refractivity contribution >= 4 is 28.3 Å². The van der Waals surface area contributed by atoms with E-state index >= 15 is 0 Å². The van der Waals surface area contributed by atoms with Gasteiger partial charge < -0.3 is 10.4 Å². The molecule has 0 spiro atoms. The number of carboxylic acids is 1. The van der Waals surface area contributed by atoms with E-state index in [2.05, 4.69) is 10.6 Å². The van der Waals surface area contributed by atoms with Gasteiger partial charge in [-0.3, -0.25) is 5.32 Å². The number of urea groups is 1. The molecule has 3 N–H and O–H groups in total. The van der Waals surface area contributed by atoms with Crippen LogP contribution in [-0.4, -0.2) is 22.6 Å². The maximum Gasteiger partial charge on any atom is 0.338 e. The molecule has 1 aromatic heterocycles. The van der Waals surface area contributed by atoms with Crippen LogP contribution in [0.3, 0.4) is 0 Å². The summed E-state index contributed by atoms with van der Waals surface area (Å²) in [6.45, 7) is 1.96. The van der Waals surface area contributed by atoms with Gasteiger partial charge in [-0.2, -0.15) is 0 Å². The molecule has 0 unspecified atom stereocenters. The van der Waals surface area contributed by atoms with Gasteiger partial charge in [0.1, 0.15) is 5.00 Å². The van der Waals surface area contributed by atoms with Crippen LogP contribution in [0.2, 0.25) is 0 Å². The largest absolute Gasteiger partial charge is 0.478 e. The minimum absolute atomic E-state index is 0.106. The Morgan fingerprint density at radius 3 is 2.75 bits per heavy atom. The fraction of sp³-hybridized carbons (Fsp3) is 0.400. The first-order valence-electron chi connectivity index (χ1n) is 4.90. The first-order valence-corrected chi connectivity index (χ1v) is 5.78. The van der Waals surface area contributed by atoms with Crippen molar-refractivity contribution in [3.05, 3.63) is 17.0 Å². The second kappa shape index (κ2) is 3.79. The molecule has 0 aliphatic heterocycles. The minimum atomic E-state index is -1.03. The Hall–Kier alpha value is -1.56. The molecule has 5 nitrogen and oxygen atoms in total. The van der Waals surface area contributed by atoms with Crippen molar-refractivity contribution in [3.8, 4) is 0 Å². The van der Waals surface area contributed by atoms with Crippen molar-refractivity contribution in [2.75, 3.05) is 5.32 Å². The lowest BCUT2D eigenvalue weighted by Crippen LogP contribution is -2.37. The highest BCUT2D eigenvalue weighted by atomic mass is 32.1. The van der Waals surface area contributed by atoms with Crippen LogP contribution in [0.25, 0.3) is 0 Å². The number of aromatic carboxylic acids is 1. The average Bonchev–Trinajstić information content (AvgIpc) is 2.74. The number of carboxylic acid groups (broad SMARTS) is 1. The first kappa shape index (κ1) is 10.9. The van der Waals surface area contributed by atoms with E-state index < -0.39 is 5.97 Å². The fourth-order valence-corrected chi connectivity index (χ4v) is 2.07. The molecule has 6 heteroatoms. The van der Waals surface area contributed by atoms with Gasteiger partial charge in [-0.1, -0.05) is 0 Å². The van der Waals surface area contributed by atoms with Gasteiger partial charge in [-0.15, -0.1) is 11.3 Å². The Bertz CT molecular complexity index is 437. The van der Waals surface area contributed by atoms with Crippen molar-refractivity contribution in [2.45, 2.75) is 25.3 Å². The topological polar surface area (TPSA) is 78.4 Å². The highest BCUT2D eigenvalue weighted by molar-refractivity contribution is 7.14. The zero-order valence-corrected chi connectivity index (χ0v) is 9.56. The molecule has 1 aliphatic rings. The summed E-state index contributed by atoms with van der Waals surface area (Å²) in [5.41, 5.74) is 0.0196. The molecule has 2 rings (SSSR count). The molecular weight excluding hydrogens is 228 g/mol. The maximum atomic E-state index is 11.5. The molecule has 2 amide bonds. The Balaban J connectivity index is 2.00. The van der Waals surface area contributed by atoms with Crippen molar-refractivity contribution in [3.63, 3.8) is 0 Å². The van der Waals surface area contributed by atoms with E-state index in [0.717, 1.165) is 12.8 Å². The number of amides is 2. The van der Waals surface area contributed by atoms with E-state index in [1.54, 1.807) is 5.38 Å². The van der Waals surface area contributed by atoms with Crippen molar-refractivity contribution in [1.29, 1.82) is 0 Å². The number of nitrogens with one attached hydrogen (secondary N) is 2. The molecule has 1 heterocycles. The minimum Gasteiger partial charge on any atom is -0.478 e. The zero-order valence-electron chi connectivity index (χ0n) is 8.74. The lowest BCUT2D eigenvalue weighted by atomic mass is 10.3. The van der Waals surface area contributed by atoms with Gasteiger partial charge >= 0.3 is 12.0 Å². The van der Waals surface area contributed by atoms with Crippen LogP contribution in [0.15, 0.2) is 11.4 Å². The van der Waals surface area contributed by atoms with E-state index in [4.69, 9.17) is 5.11 Å². The number of rotatable bonds is 3.